The molecule has 1 rings (SSSR count). The molecule has 1 atom stereocenters. The van der Waals surface area contributed by atoms with Gasteiger partial charge in [-0.2, -0.15) is 5.26 Å². The Morgan fingerprint density at radius 3 is 2.73 bits per heavy atom. The van der Waals surface area contributed by atoms with Crippen molar-refractivity contribution in [2.45, 2.75) is 12.5 Å². The van der Waals surface area contributed by atoms with Gasteiger partial charge in [-0.1, -0.05) is 0 Å². The molecule has 0 radical (unpaired) electrons. The predicted octanol–water partition coefficient (Wildman–Crippen LogP) is 1.03. The highest BCUT2D eigenvalue weighted by Gasteiger charge is 2.04. The fourth-order valence-electron chi connectivity index (χ4n) is 0.790. The van der Waals surface area contributed by atoms with Crippen LogP contribution in [-0.4, -0.2) is 10.1 Å². The van der Waals surface area contributed by atoms with E-state index in [2.05, 4.69) is 4.98 Å². The van der Waals surface area contributed by atoms with Gasteiger partial charge in [0.15, 0.2) is 0 Å². The summed E-state index contributed by atoms with van der Waals surface area (Å²) in [5.74, 6) is 0. The highest BCUT2D eigenvalue weighted by atomic mass is 16.3. The normalized spacial score (nSPS) is 12.0. The van der Waals surface area contributed by atoms with Crippen LogP contribution in [0.4, 0.5) is 0 Å². The average Bonchev–Trinajstić information content (AvgIpc) is 2.07. The van der Waals surface area contributed by atoms with E-state index >= 15 is 0 Å². The third-order valence-electron chi connectivity index (χ3n) is 1.38. The largest absolute Gasteiger partial charge is 0.387 e. The zero-order valence-corrected chi connectivity index (χ0v) is 5.94. The first-order valence-electron chi connectivity index (χ1n) is 3.29. The molecule has 1 N–H and O–H groups in total. The Morgan fingerprint density at radius 2 is 2.18 bits per heavy atom. The molecule has 0 aliphatic rings. The van der Waals surface area contributed by atoms with Crippen molar-refractivity contribution in [3.05, 3.63) is 30.1 Å². The van der Waals surface area contributed by atoms with Gasteiger partial charge in [0.1, 0.15) is 0 Å². The number of aliphatic hydroxyl groups excluding tert-OH is 1. The first-order valence-corrected chi connectivity index (χ1v) is 3.29. The van der Waals surface area contributed by atoms with Crippen LogP contribution in [0, 0.1) is 11.3 Å². The van der Waals surface area contributed by atoms with Crippen molar-refractivity contribution >= 4 is 0 Å². The van der Waals surface area contributed by atoms with Crippen molar-refractivity contribution in [2.24, 2.45) is 0 Å². The summed E-state index contributed by atoms with van der Waals surface area (Å²) in [7, 11) is 0. The van der Waals surface area contributed by atoms with Crippen LogP contribution in [0.3, 0.4) is 0 Å². The molecule has 0 saturated heterocycles. The molecule has 1 aromatic rings. The van der Waals surface area contributed by atoms with E-state index in [4.69, 9.17) is 5.26 Å². The number of nitrogens with zero attached hydrogens (tertiary/aromatic N) is 2. The van der Waals surface area contributed by atoms with E-state index in [1.165, 1.54) is 0 Å². The number of aliphatic hydroxyl groups is 1. The van der Waals surface area contributed by atoms with Gasteiger partial charge < -0.3 is 5.11 Å². The van der Waals surface area contributed by atoms with E-state index in [0.29, 0.717) is 0 Å². The molecule has 3 heteroatoms. The van der Waals surface area contributed by atoms with E-state index in [9.17, 15) is 5.11 Å². The van der Waals surface area contributed by atoms with Crippen LogP contribution >= 0.6 is 0 Å². The molecule has 0 bridgehead atoms. The monoisotopic (exact) mass is 148 g/mol. The van der Waals surface area contributed by atoms with Gasteiger partial charge in [-0.05, 0) is 17.7 Å². The first kappa shape index (κ1) is 7.70. The summed E-state index contributed by atoms with van der Waals surface area (Å²) in [6.07, 6.45) is 2.64. The van der Waals surface area contributed by atoms with E-state index in [1.807, 2.05) is 6.07 Å². The highest BCUT2D eigenvalue weighted by molar-refractivity contribution is 5.13. The molecule has 0 fully saturated rings. The molecule has 1 aromatic heterocycles. The minimum Gasteiger partial charge on any atom is -0.387 e. The van der Waals surface area contributed by atoms with Crippen LogP contribution in [0.15, 0.2) is 24.5 Å². The molecule has 3 nitrogen and oxygen atoms in total. The lowest BCUT2D eigenvalue weighted by Gasteiger charge is -2.03. The molecule has 0 unspecified atom stereocenters. The Hall–Kier alpha value is -1.40. The van der Waals surface area contributed by atoms with Gasteiger partial charge in [-0.3, -0.25) is 4.98 Å². The summed E-state index contributed by atoms with van der Waals surface area (Å²) < 4.78 is 0. The lowest BCUT2D eigenvalue weighted by molar-refractivity contribution is 0.183. The number of rotatable bonds is 2. The highest BCUT2D eigenvalue weighted by Crippen LogP contribution is 2.13. The standard InChI is InChI=1S/C8H8N2O/c9-4-1-8(11)7-2-5-10-6-3-7/h2-3,5-6,8,11H,1H2/t8-/m0/s1. The van der Waals surface area contributed by atoms with Gasteiger partial charge in [0.2, 0.25) is 0 Å². The Morgan fingerprint density at radius 1 is 1.55 bits per heavy atom. The summed E-state index contributed by atoms with van der Waals surface area (Å²) in [6.45, 7) is 0. The smallest absolute Gasteiger partial charge is 0.0921 e. The van der Waals surface area contributed by atoms with E-state index in [-0.39, 0.29) is 6.42 Å². The second-order valence-corrected chi connectivity index (χ2v) is 2.16. The molecule has 0 amide bonds. The van der Waals surface area contributed by atoms with Crippen molar-refractivity contribution in [1.82, 2.24) is 4.98 Å². The van der Waals surface area contributed by atoms with E-state index in [0.717, 1.165) is 5.56 Å². The number of hydrogen-bond acceptors (Lipinski definition) is 3. The average molecular weight is 148 g/mol. The molecule has 11 heavy (non-hydrogen) atoms. The molecule has 56 valence electrons. The second kappa shape index (κ2) is 3.69. The summed E-state index contributed by atoms with van der Waals surface area (Å²) >= 11 is 0. The Kier molecular flexibility index (Phi) is 2.59. The minimum atomic E-state index is -0.678. The van der Waals surface area contributed by atoms with Gasteiger partial charge in [0.05, 0.1) is 18.6 Å². The third-order valence-corrected chi connectivity index (χ3v) is 1.38. The van der Waals surface area contributed by atoms with Crippen LogP contribution in [0.1, 0.15) is 18.1 Å². The Bertz CT molecular complexity index is 253. The van der Waals surface area contributed by atoms with Crippen molar-refractivity contribution in [2.75, 3.05) is 0 Å². The maximum absolute atomic E-state index is 9.27. The summed E-state index contributed by atoms with van der Waals surface area (Å²) in [4.78, 5) is 3.79. The predicted molar refractivity (Wildman–Crippen MR) is 39.4 cm³/mol. The Balaban J connectivity index is 2.70. The number of nitriles is 1. The number of hydrogen-bond donors (Lipinski definition) is 1. The Labute approximate surface area is 64.9 Å². The van der Waals surface area contributed by atoms with E-state index < -0.39 is 6.10 Å². The second-order valence-electron chi connectivity index (χ2n) is 2.16. The molecule has 0 saturated carbocycles. The van der Waals surface area contributed by atoms with Crippen molar-refractivity contribution in [1.29, 1.82) is 5.26 Å². The van der Waals surface area contributed by atoms with Gasteiger partial charge >= 0.3 is 0 Å². The van der Waals surface area contributed by atoms with Crippen molar-refractivity contribution in [3.63, 3.8) is 0 Å². The van der Waals surface area contributed by atoms with Crippen molar-refractivity contribution < 1.29 is 5.11 Å². The lowest BCUT2D eigenvalue weighted by atomic mass is 10.1. The third kappa shape index (κ3) is 2.03. The van der Waals surface area contributed by atoms with Crippen LogP contribution < -0.4 is 0 Å². The van der Waals surface area contributed by atoms with E-state index in [1.54, 1.807) is 24.5 Å². The first-order chi connectivity index (χ1) is 5.34. The minimum absolute atomic E-state index is 0.129. The van der Waals surface area contributed by atoms with Gasteiger partial charge in [0, 0.05) is 12.4 Å². The number of pyridine rings is 1. The fraction of sp³-hybridized carbons (Fsp3) is 0.250. The summed E-state index contributed by atoms with van der Waals surface area (Å²) in [5, 5.41) is 17.5. The topological polar surface area (TPSA) is 56.9 Å². The van der Waals surface area contributed by atoms with Gasteiger partial charge in [-0.25, -0.2) is 0 Å². The molecular weight excluding hydrogens is 140 g/mol. The zero-order valence-electron chi connectivity index (χ0n) is 5.94. The molecule has 0 aliphatic heterocycles. The SMILES string of the molecule is N#CC[C@H](O)c1ccncc1. The maximum atomic E-state index is 9.27. The summed E-state index contributed by atoms with van der Waals surface area (Å²) in [5.41, 5.74) is 0.738. The molecule has 0 spiro atoms. The maximum Gasteiger partial charge on any atom is 0.0921 e. The summed E-state index contributed by atoms with van der Waals surface area (Å²) in [6, 6.07) is 5.29. The van der Waals surface area contributed by atoms with Crippen LogP contribution in [0.5, 0.6) is 0 Å². The van der Waals surface area contributed by atoms with Gasteiger partial charge in [0.25, 0.3) is 0 Å². The fourth-order valence-corrected chi connectivity index (χ4v) is 0.790. The van der Waals surface area contributed by atoms with Crippen LogP contribution in [0.2, 0.25) is 0 Å². The molecule has 0 aliphatic carbocycles. The lowest BCUT2D eigenvalue weighted by Crippen LogP contribution is -1.94. The molecule has 0 aromatic carbocycles. The zero-order chi connectivity index (χ0) is 8.10. The van der Waals surface area contributed by atoms with Gasteiger partial charge in [-0.15, -0.1) is 0 Å². The molecule has 1 heterocycles. The quantitative estimate of drug-likeness (QED) is 0.681. The number of aromatic nitrogens is 1. The van der Waals surface area contributed by atoms with Crippen molar-refractivity contribution in [3.8, 4) is 6.07 Å². The van der Waals surface area contributed by atoms with Crippen LogP contribution in [-0.2, 0) is 0 Å². The molecular formula is C8H8N2O. The van der Waals surface area contributed by atoms with Crippen LogP contribution in [0.25, 0.3) is 0 Å².